The molecule has 20 heavy (non-hydrogen) atoms. The Morgan fingerprint density at radius 2 is 2.20 bits per heavy atom. The van der Waals surface area contributed by atoms with Crippen molar-refractivity contribution in [2.45, 2.75) is 18.9 Å². The normalized spacial score (nSPS) is 20.1. The minimum Gasteiger partial charge on any atom is -0.480 e. The van der Waals surface area contributed by atoms with Crippen LogP contribution < -0.4 is 11.1 Å². The third-order valence-electron chi connectivity index (χ3n) is 3.16. The summed E-state index contributed by atoms with van der Waals surface area (Å²) in [6.45, 7) is 0.932. The summed E-state index contributed by atoms with van der Waals surface area (Å²) in [4.78, 5) is 30.9. The second-order valence-electron chi connectivity index (χ2n) is 4.56. The molecule has 2 rings (SSSR count). The van der Waals surface area contributed by atoms with Crippen LogP contribution in [0, 0.1) is 5.92 Å². The van der Waals surface area contributed by atoms with E-state index in [4.69, 9.17) is 10.5 Å². The topological polar surface area (TPSA) is 127 Å². The molecule has 1 aromatic heterocycles. The van der Waals surface area contributed by atoms with Gasteiger partial charge in [0, 0.05) is 24.9 Å². The zero-order valence-electron chi connectivity index (χ0n) is 10.8. The van der Waals surface area contributed by atoms with Crippen molar-refractivity contribution in [2.24, 2.45) is 5.92 Å². The molecular formula is C12H16N4O4. The molecule has 0 radical (unpaired) electrons. The van der Waals surface area contributed by atoms with Crippen molar-refractivity contribution in [3.8, 4) is 0 Å². The number of carboxylic acids is 1. The predicted molar refractivity (Wildman–Crippen MR) is 68.9 cm³/mol. The van der Waals surface area contributed by atoms with Gasteiger partial charge in [-0.15, -0.1) is 0 Å². The summed E-state index contributed by atoms with van der Waals surface area (Å²) in [5.74, 6) is -2.04. The lowest BCUT2D eigenvalue weighted by atomic mass is 9.93. The van der Waals surface area contributed by atoms with Crippen molar-refractivity contribution in [2.75, 3.05) is 18.9 Å². The van der Waals surface area contributed by atoms with E-state index in [1.165, 1.54) is 12.4 Å². The lowest BCUT2D eigenvalue weighted by Crippen LogP contribution is -2.48. The number of nitrogens with one attached hydrogen (secondary N) is 1. The van der Waals surface area contributed by atoms with Crippen molar-refractivity contribution in [3.63, 3.8) is 0 Å². The van der Waals surface area contributed by atoms with Crippen LogP contribution in [0.4, 0.5) is 5.82 Å². The Hall–Kier alpha value is -2.22. The van der Waals surface area contributed by atoms with Gasteiger partial charge in [0.25, 0.3) is 5.91 Å². The highest BCUT2D eigenvalue weighted by Gasteiger charge is 2.32. The maximum Gasteiger partial charge on any atom is 0.326 e. The highest BCUT2D eigenvalue weighted by molar-refractivity contribution is 5.98. The monoisotopic (exact) mass is 280 g/mol. The number of hydrogen-bond donors (Lipinski definition) is 3. The fraction of sp³-hybridized carbons (Fsp3) is 0.500. The Kier molecular flexibility index (Phi) is 4.46. The summed E-state index contributed by atoms with van der Waals surface area (Å²) in [5.41, 5.74) is 5.47. The molecule has 0 aliphatic carbocycles. The van der Waals surface area contributed by atoms with Crippen molar-refractivity contribution in [3.05, 3.63) is 18.1 Å². The predicted octanol–water partition coefficient (Wildman–Crippen LogP) is -0.332. The molecule has 0 bridgehead atoms. The van der Waals surface area contributed by atoms with E-state index in [1.807, 2.05) is 0 Å². The van der Waals surface area contributed by atoms with Crippen LogP contribution in [0.15, 0.2) is 12.4 Å². The largest absolute Gasteiger partial charge is 0.480 e. The van der Waals surface area contributed by atoms with Crippen LogP contribution in [-0.2, 0) is 9.53 Å². The first-order valence-electron chi connectivity index (χ1n) is 6.27. The minimum absolute atomic E-state index is 0.0333. The maximum absolute atomic E-state index is 12.0. The van der Waals surface area contributed by atoms with E-state index in [-0.39, 0.29) is 17.4 Å². The van der Waals surface area contributed by atoms with Crippen LogP contribution in [0.3, 0.4) is 0 Å². The van der Waals surface area contributed by atoms with Crippen molar-refractivity contribution in [1.29, 1.82) is 0 Å². The molecule has 4 N–H and O–H groups in total. The number of carboxylic acid groups (broad SMARTS) is 1. The number of hydrogen-bond acceptors (Lipinski definition) is 6. The number of nitrogens with zero attached hydrogens (tertiary/aromatic N) is 2. The standard InChI is InChI=1S/C12H16N4O4/c13-10-9(14-3-4-15-10)11(17)16-8(12(18)19)7-2-1-5-20-6-7/h3-4,7-8H,1-2,5-6H2,(H2,13,15)(H,16,17)(H,18,19). The molecule has 8 nitrogen and oxygen atoms in total. The summed E-state index contributed by atoms with van der Waals surface area (Å²) in [6, 6.07) is -1.02. The van der Waals surface area contributed by atoms with Crippen LogP contribution in [0.5, 0.6) is 0 Å². The molecule has 1 saturated heterocycles. The van der Waals surface area contributed by atoms with Crippen LogP contribution in [-0.4, -0.2) is 46.2 Å². The van der Waals surface area contributed by atoms with Gasteiger partial charge < -0.3 is 20.9 Å². The molecule has 1 aromatic rings. The molecule has 2 atom stereocenters. The first kappa shape index (κ1) is 14.2. The van der Waals surface area contributed by atoms with Gasteiger partial charge in [-0.3, -0.25) is 4.79 Å². The lowest BCUT2D eigenvalue weighted by molar-refractivity contribution is -0.142. The Labute approximate surface area is 115 Å². The smallest absolute Gasteiger partial charge is 0.326 e. The Morgan fingerprint density at radius 1 is 1.45 bits per heavy atom. The Morgan fingerprint density at radius 3 is 2.80 bits per heavy atom. The van der Waals surface area contributed by atoms with E-state index in [0.717, 1.165) is 6.42 Å². The fourth-order valence-corrected chi connectivity index (χ4v) is 2.14. The number of rotatable bonds is 4. The van der Waals surface area contributed by atoms with Crippen LogP contribution in [0.25, 0.3) is 0 Å². The zero-order valence-corrected chi connectivity index (χ0v) is 10.8. The van der Waals surface area contributed by atoms with Gasteiger partial charge in [-0.05, 0) is 12.8 Å². The van der Waals surface area contributed by atoms with Gasteiger partial charge in [0.15, 0.2) is 11.5 Å². The SMILES string of the molecule is Nc1nccnc1C(=O)NC(C(=O)O)C1CCCOC1. The molecule has 0 spiro atoms. The average Bonchev–Trinajstić information content (AvgIpc) is 2.45. The number of nitrogens with two attached hydrogens (primary N) is 1. The van der Waals surface area contributed by atoms with Gasteiger partial charge in [-0.2, -0.15) is 0 Å². The first-order valence-corrected chi connectivity index (χ1v) is 6.27. The van der Waals surface area contributed by atoms with Crippen LogP contribution in [0.1, 0.15) is 23.3 Å². The molecule has 2 heterocycles. The molecular weight excluding hydrogens is 264 g/mol. The molecule has 0 aromatic carbocycles. The number of nitrogen functional groups attached to an aromatic ring is 1. The van der Waals surface area contributed by atoms with Crippen LogP contribution >= 0.6 is 0 Å². The number of ether oxygens (including phenoxy) is 1. The number of anilines is 1. The molecule has 1 fully saturated rings. The van der Waals surface area contributed by atoms with Crippen molar-refractivity contribution >= 4 is 17.7 Å². The number of aromatic nitrogens is 2. The number of aliphatic carboxylic acids is 1. The molecule has 1 aliphatic rings. The highest BCUT2D eigenvalue weighted by Crippen LogP contribution is 2.18. The van der Waals surface area contributed by atoms with E-state index < -0.39 is 17.9 Å². The summed E-state index contributed by atoms with van der Waals surface area (Å²) in [7, 11) is 0. The molecule has 8 heteroatoms. The molecule has 1 amide bonds. The van der Waals surface area contributed by atoms with Gasteiger partial charge in [0.2, 0.25) is 0 Å². The second kappa shape index (κ2) is 6.29. The minimum atomic E-state index is -1.10. The quantitative estimate of drug-likeness (QED) is 0.688. The van der Waals surface area contributed by atoms with E-state index >= 15 is 0 Å². The van der Waals surface area contributed by atoms with Gasteiger partial charge >= 0.3 is 5.97 Å². The zero-order chi connectivity index (χ0) is 14.5. The van der Waals surface area contributed by atoms with E-state index in [9.17, 15) is 14.7 Å². The van der Waals surface area contributed by atoms with E-state index in [1.54, 1.807) is 0 Å². The van der Waals surface area contributed by atoms with Gasteiger partial charge in [0.1, 0.15) is 6.04 Å². The third-order valence-corrected chi connectivity index (χ3v) is 3.16. The number of amides is 1. The van der Waals surface area contributed by atoms with Crippen molar-refractivity contribution < 1.29 is 19.4 Å². The van der Waals surface area contributed by atoms with E-state index in [0.29, 0.717) is 19.6 Å². The summed E-state index contributed by atoms with van der Waals surface area (Å²) in [5, 5.41) is 11.7. The number of carbonyl (C=O) groups is 2. The third kappa shape index (κ3) is 3.21. The average molecular weight is 280 g/mol. The maximum atomic E-state index is 12.0. The highest BCUT2D eigenvalue weighted by atomic mass is 16.5. The van der Waals surface area contributed by atoms with Crippen molar-refractivity contribution in [1.82, 2.24) is 15.3 Å². The first-order chi connectivity index (χ1) is 9.59. The summed E-state index contributed by atoms with van der Waals surface area (Å²) in [6.07, 6.45) is 4.14. The molecule has 1 aliphatic heterocycles. The van der Waals surface area contributed by atoms with Crippen LogP contribution in [0.2, 0.25) is 0 Å². The Bertz CT molecular complexity index is 502. The second-order valence-corrected chi connectivity index (χ2v) is 4.56. The lowest BCUT2D eigenvalue weighted by Gasteiger charge is -2.27. The molecule has 0 saturated carbocycles. The van der Waals surface area contributed by atoms with Gasteiger partial charge in [0.05, 0.1) is 6.61 Å². The summed E-state index contributed by atoms with van der Waals surface area (Å²) >= 11 is 0. The van der Waals surface area contributed by atoms with Gasteiger partial charge in [-0.25, -0.2) is 14.8 Å². The van der Waals surface area contributed by atoms with Gasteiger partial charge in [-0.1, -0.05) is 0 Å². The summed E-state index contributed by atoms with van der Waals surface area (Å²) < 4.78 is 5.26. The number of carbonyl (C=O) groups excluding carboxylic acids is 1. The van der Waals surface area contributed by atoms with E-state index in [2.05, 4.69) is 15.3 Å². The fourth-order valence-electron chi connectivity index (χ4n) is 2.14. The molecule has 2 unspecified atom stereocenters. The Balaban J connectivity index is 2.10. The molecule has 108 valence electrons.